The molecule has 4 aliphatic carbocycles. The fourth-order valence-electron chi connectivity index (χ4n) is 8.84. The number of carbonyl (C=O) groups excluding carboxylic acids is 2. The molecule has 7 nitrogen and oxygen atoms in total. The van der Waals surface area contributed by atoms with Crippen molar-refractivity contribution in [2.24, 2.45) is 34.5 Å². The van der Waals surface area contributed by atoms with Gasteiger partial charge in [0.05, 0.1) is 12.0 Å². The van der Waals surface area contributed by atoms with Gasteiger partial charge in [-0.1, -0.05) is 57.5 Å². The van der Waals surface area contributed by atoms with Crippen LogP contribution >= 0.6 is 0 Å². The molecule has 1 unspecified atom stereocenters. The Morgan fingerprint density at radius 3 is 2.27 bits per heavy atom. The number of aliphatic hydroxyl groups excluding tert-OH is 2. The lowest BCUT2D eigenvalue weighted by Crippen LogP contribution is -2.62. The van der Waals surface area contributed by atoms with Gasteiger partial charge in [-0.05, 0) is 98.2 Å². The number of aliphatic carboxylic acids is 1. The molecule has 5 rings (SSSR count). The predicted octanol–water partition coefficient (Wildman–Crippen LogP) is 4.85. The average Bonchev–Trinajstić information content (AvgIpc) is 3.19. The molecule has 0 bridgehead atoms. The normalized spacial score (nSPS) is 36.7. The smallest absolute Gasteiger partial charge is 0.310 e. The van der Waals surface area contributed by atoms with Gasteiger partial charge in [-0.3, -0.25) is 14.4 Å². The molecule has 7 heteroatoms. The van der Waals surface area contributed by atoms with Crippen LogP contribution in [0.4, 0.5) is 0 Å². The van der Waals surface area contributed by atoms with Gasteiger partial charge >= 0.3 is 5.97 Å². The molecule has 0 heterocycles. The number of carboxylic acid groups (broad SMARTS) is 1. The van der Waals surface area contributed by atoms with E-state index in [0.29, 0.717) is 25.2 Å². The highest BCUT2D eigenvalue weighted by molar-refractivity contribution is 5.92. The molecule has 8 atom stereocenters. The van der Waals surface area contributed by atoms with E-state index in [1.165, 1.54) is 11.1 Å². The minimum Gasteiger partial charge on any atom is -0.481 e. The summed E-state index contributed by atoms with van der Waals surface area (Å²) in [6.07, 6.45) is 6.78. The van der Waals surface area contributed by atoms with E-state index in [2.05, 4.69) is 20.8 Å². The number of hydrogen-bond donors (Lipinski definition) is 4. The molecule has 3 fully saturated rings. The van der Waals surface area contributed by atoms with Gasteiger partial charge in [0.25, 0.3) is 0 Å². The van der Waals surface area contributed by atoms with Crippen molar-refractivity contribution in [3.8, 4) is 0 Å². The van der Waals surface area contributed by atoms with Crippen LogP contribution in [0.3, 0.4) is 0 Å². The standard InChI is InChI=1S/C21H30O5.C13H18O2/c1-19-7-5-13(23)9-12(19)3-4-14-15-6-8-21(26,17(25)11-22)20(15,2)10-16(24)18(14)19;1-9(2)8-11-4-6-12(7-5-11)10(3)13(14)15/h9,14-16,18,22,24,26H,3-8,10-11H2,1-2H3;4-7,9-10H,8H2,1-3H3,(H,14,15)/t14-,15-,16-,18+,19-,20-,21-;/m0./s1. The lowest BCUT2D eigenvalue weighted by molar-refractivity contribution is -0.182. The van der Waals surface area contributed by atoms with Crippen molar-refractivity contribution in [3.63, 3.8) is 0 Å². The number of fused-ring (bicyclic) bond motifs is 5. The van der Waals surface area contributed by atoms with Crippen LogP contribution in [-0.4, -0.2) is 56.3 Å². The molecule has 41 heavy (non-hydrogen) atoms. The number of hydrogen-bond acceptors (Lipinski definition) is 6. The van der Waals surface area contributed by atoms with Crippen molar-refractivity contribution in [3.05, 3.63) is 47.0 Å². The summed E-state index contributed by atoms with van der Waals surface area (Å²) in [5, 5.41) is 40.6. The maximum Gasteiger partial charge on any atom is 0.310 e. The third-order valence-corrected chi connectivity index (χ3v) is 11.1. The van der Waals surface area contributed by atoms with Crippen LogP contribution in [0.2, 0.25) is 0 Å². The molecule has 0 saturated heterocycles. The Morgan fingerprint density at radius 1 is 1.02 bits per heavy atom. The Bertz CT molecular complexity index is 1190. The number of rotatable bonds is 6. The Kier molecular flexibility index (Phi) is 9.04. The third kappa shape index (κ3) is 5.57. The predicted molar refractivity (Wildman–Crippen MR) is 156 cm³/mol. The lowest BCUT2D eigenvalue weighted by atomic mass is 9.45. The second kappa shape index (κ2) is 11.7. The van der Waals surface area contributed by atoms with Crippen molar-refractivity contribution in [1.29, 1.82) is 0 Å². The monoisotopic (exact) mass is 568 g/mol. The first kappa shape index (κ1) is 31.6. The topological polar surface area (TPSA) is 132 Å². The van der Waals surface area contributed by atoms with Gasteiger partial charge in [-0.2, -0.15) is 0 Å². The van der Waals surface area contributed by atoms with Crippen LogP contribution in [0.25, 0.3) is 0 Å². The molecule has 4 aliphatic rings. The minimum absolute atomic E-state index is 0.0697. The van der Waals surface area contributed by atoms with Crippen molar-refractivity contribution < 1.29 is 34.8 Å². The Balaban J connectivity index is 0.000000221. The number of benzene rings is 1. The SMILES string of the molecule is CC(C)Cc1ccc(C(C)C(=O)O)cc1.C[C@]12CCC(=O)C=C1CC[C@@H]1[C@@H]2[C@@H](O)C[C@@]2(C)[C@H]1CC[C@]2(O)C(=O)CO. The summed E-state index contributed by atoms with van der Waals surface area (Å²) in [4.78, 5) is 35.0. The fourth-order valence-corrected chi connectivity index (χ4v) is 8.84. The van der Waals surface area contributed by atoms with E-state index in [1.807, 2.05) is 31.2 Å². The molecule has 3 saturated carbocycles. The number of ketones is 2. The van der Waals surface area contributed by atoms with E-state index in [-0.39, 0.29) is 29.0 Å². The van der Waals surface area contributed by atoms with Gasteiger partial charge < -0.3 is 20.4 Å². The molecule has 0 aliphatic heterocycles. The van der Waals surface area contributed by atoms with Crippen LogP contribution in [0.1, 0.15) is 96.6 Å². The van der Waals surface area contributed by atoms with E-state index in [4.69, 9.17) is 5.11 Å². The summed E-state index contributed by atoms with van der Waals surface area (Å²) < 4.78 is 0. The van der Waals surface area contributed by atoms with E-state index in [1.54, 1.807) is 13.0 Å². The van der Waals surface area contributed by atoms with Gasteiger partial charge in [-0.25, -0.2) is 0 Å². The van der Waals surface area contributed by atoms with Crippen LogP contribution in [0, 0.1) is 34.5 Å². The molecular formula is C34H48O7. The van der Waals surface area contributed by atoms with Crippen LogP contribution in [0.5, 0.6) is 0 Å². The van der Waals surface area contributed by atoms with Crippen LogP contribution in [0.15, 0.2) is 35.9 Å². The summed E-state index contributed by atoms with van der Waals surface area (Å²) in [5.74, 6) is -0.418. The first-order chi connectivity index (χ1) is 19.2. The molecule has 0 aromatic heterocycles. The second-order valence-corrected chi connectivity index (χ2v) is 14.0. The molecule has 0 radical (unpaired) electrons. The highest BCUT2D eigenvalue weighted by atomic mass is 16.4. The van der Waals surface area contributed by atoms with E-state index in [0.717, 1.165) is 37.7 Å². The molecule has 4 N–H and O–H groups in total. The van der Waals surface area contributed by atoms with Gasteiger partial charge in [0, 0.05) is 11.8 Å². The maximum atomic E-state index is 12.4. The Labute approximate surface area is 244 Å². The average molecular weight is 569 g/mol. The fraction of sp³-hybridized carbons (Fsp3) is 0.676. The van der Waals surface area contributed by atoms with E-state index < -0.39 is 41.4 Å². The summed E-state index contributed by atoms with van der Waals surface area (Å²) in [5.41, 5.74) is 0.908. The van der Waals surface area contributed by atoms with Crippen molar-refractivity contribution in [1.82, 2.24) is 0 Å². The van der Waals surface area contributed by atoms with Crippen LogP contribution < -0.4 is 0 Å². The number of carbonyl (C=O) groups is 3. The van der Waals surface area contributed by atoms with E-state index in [9.17, 15) is 29.7 Å². The molecule has 226 valence electrons. The van der Waals surface area contributed by atoms with Gasteiger partial charge in [0.1, 0.15) is 12.2 Å². The highest BCUT2D eigenvalue weighted by Gasteiger charge is 2.68. The summed E-state index contributed by atoms with van der Waals surface area (Å²) in [6.45, 7) is 9.51. The molecule has 0 amide bonds. The second-order valence-electron chi connectivity index (χ2n) is 14.0. The first-order valence-electron chi connectivity index (χ1n) is 15.3. The highest BCUT2D eigenvalue weighted by Crippen LogP contribution is 2.67. The zero-order chi connectivity index (χ0) is 30.3. The largest absolute Gasteiger partial charge is 0.481 e. The molecule has 0 spiro atoms. The Hall–Kier alpha value is -2.35. The summed E-state index contributed by atoms with van der Waals surface area (Å²) >= 11 is 0. The van der Waals surface area contributed by atoms with Crippen molar-refractivity contribution in [2.45, 2.75) is 104 Å². The van der Waals surface area contributed by atoms with Crippen molar-refractivity contribution in [2.75, 3.05) is 6.61 Å². The Morgan fingerprint density at radius 2 is 1.68 bits per heavy atom. The summed E-state index contributed by atoms with van der Waals surface area (Å²) in [7, 11) is 0. The zero-order valence-corrected chi connectivity index (χ0v) is 25.2. The molecular weight excluding hydrogens is 520 g/mol. The number of Topliss-reactive ketones (excluding diaryl/α,β-unsaturated/α-hetero) is 1. The van der Waals surface area contributed by atoms with Gasteiger partial charge in [0.2, 0.25) is 0 Å². The number of aliphatic hydroxyl groups is 3. The van der Waals surface area contributed by atoms with E-state index >= 15 is 0 Å². The third-order valence-electron chi connectivity index (χ3n) is 11.1. The first-order valence-corrected chi connectivity index (χ1v) is 15.3. The van der Waals surface area contributed by atoms with Crippen molar-refractivity contribution >= 4 is 17.5 Å². The molecule has 1 aromatic rings. The minimum atomic E-state index is -1.54. The number of carboxylic acids is 1. The lowest BCUT2D eigenvalue weighted by Gasteiger charge is -2.60. The van der Waals surface area contributed by atoms with Gasteiger partial charge in [0.15, 0.2) is 11.6 Å². The van der Waals surface area contributed by atoms with Crippen LogP contribution in [-0.2, 0) is 20.8 Å². The van der Waals surface area contributed by atoms with Gasteiger partial charge in [-0.15, -0.1) is 0 Å². The number of allylic oxidation sites excluding steroid dienone is 1. The summed E-state index contributed by atoms with van der Waals surface area (Å²) in [6, 6.07) is 7.87. The zero-order valence-electron chi connectivity index (χ0n) is 25.2. The molecule has 1 aromatic carbocycles. The maximum absolute atomic E-state index is 12.4. The quantitative estimate of drug-likeness (QED) is 0.386.